The predicted molar refractivity (Wildman–Crippen MR) is 123 cm³/mol. The first-order valence-corrected chi connectivity index (χ1v) is 10.9. The summed E-state index contributed by atoms with van der Waals surface area (Å²) in [5.41, 5.74) is 0.762. The Morgan fingerprint density at radius 3 is 2.26 bits per heavy atom. The average molecular weight is 448 g/mol. The molecule has 6 nitrogen and oxygen atoms in total. The first kappa shape index (κ1) is 23.9. The van der Waals surface area contributed by atoms with Crippen LogP contribution in [0.25, 0.3) is 0 Å². The second-order valence-corrected chi connectivity index (χ2v) is 9.31. The van der Waals surface area contributed by atoms with E-state index < -0.39 is 24.4 Å². The van der Waals surface area contributed by atoms with E-state index in [9.17, 15) is 10.2 Å². The van der Waals surface area contributed by atoms with Gasteiger partial charge in [-0.3, -0.25) is 0 Å². The molecular weight excluding hydrogens is 417 g/mol. The Morgan fingerprint density at radius 1 is 1.06 bits per heavy atom. The van der Waals surface area contributed by atoms with Gasteiger partial charge in [0, 0.05) is 12.6 Å². The van der Waals surface area contributed by atoms with Crippen molar-refractivity contribution >= 4 is 24.2 Å². The van der Waals surface area contributed by atoms with Crippen molar-refractivity contribution in [3.63, 3.8) is 0 Å². The fourth-order valence-electron chi connectivity index (χ4n) is 3.28. The Balaban J connectivity index is 1.49. The minimum atomic E-state index is -0.691. The number of rotatable bonds is 8. The van der Waals surface area contributed by atoms with Gasteiger partial charge in [-0.2, -0.15) is 0 Å². The van der Waals surface area contributed by atoms with E-state index in [0.717, 1.165) is 11.0 Å². The summed E-state index contributed by atoms with van der Waals surface area (Å²) in [6, 6.07) is 11.9. The standard InChI is InChI=1S/C23H31BClNO5/c1-15(21(28)16-6-9-18(27)10-7-16)26-12-13-29-20-11-8-17(14-19(20)25)24-30-22(2,3)23(4,5)31-24/h6-11,14-15,21,26-28H,12-13H2,1-5H3/t15-,21-/m0/s1. The van der Waals surface area contributed by atoms with E-state index in [2.05, 4.69) is 5.32 Å². The van der Waals surface area contributed by atoms with Gasteiger partial charge in [-0.25, -0.2) is 0 Å². The zero-order valence-electron chi connectivity index (χ0n) is 18.7. The van der Waals surface area contributed by atoms with Crippen LogP contribution < -0.4 is 15.5 Å². The maximum Gasteiger partial charge on any atom is 0.494 e. The summed E-state index contributed by atoms with van der Waals surface area (Å²) in [4.78, 5) is 0. The van der Waals surface area contributed by atoms with E-state index in [1.807, 2.05) is 52.8 Å². The molecule has 8 heteroatoms. The quantitative estimate of drug-likeness (QED) is 0.425. The summed E-state index contributed by atoms with van der Waals surface area (Å²) in [5.74, 6) is 0.752. The molecule has 2 atom stereocenters. The highest BCUT2D eigenvalue weighted by Gasteiger charge is 2.51. The largest absolute Gasteiger partial charge is 0.508 e. The number of aliphatic hydroxyl groups is 1. The molecule has 0 amide bonds. The molecule has 0 spiro atoms. The summed E-state index contributed by atoms with van der Waals surface area (Å²) in [6.45, 7) is 10.9. The molecule has 1 heterocycles. The minimum Gasteiger partial charge on any atom is -0.508 e. The summed E-state index contributed by atoms with van der Waals surface area (Å²) in [6.07, 6.45) is -0.691. The smallest absolute Gasteiger partial charge is 0.494 e. The van der Waals surface area contributed by atoms with Crippen molar-refractivity contribution in [2.45, 2.75) is 58.0 Å². The zero-order valence-corrected chi connectivity index (χ0v) is 19.4. The monoisotopic (exact) mass is 447 g/mol. The molecule has 0 saturated carbocycles. The van der Waals surface area contributed by atoms with E-state index in [1.54, 1.807) is 24.3 Å². The number of aromatic hydroxyl groups is 1. The first-order valence-electron chi connectivity index (χ1n) is 10.5. The molecule has 168 valence electrons. The molecule has 0 bridgehead atoms. The Kier molecular flexibility index (Phi) is 7.23. The molecule has 3 rings (SSSR count). The van der Waals surface area contributed by atoms with E-state index in [-0.39, 0.29) is 11.8 Å². The lowest BCUT2D eigenvalue weighted by molar-refractivity contribution is 0.00578. The van der Waals surface area contributed by atoms with Crippen LogP contribution in [-0.4, -0.2) is 47.7 Å². The lowest BCUT2D eigenvalue weighted by atomic mass is 9.79. The van der Waals surface area contributed by atoms with E-state index in [1.165, 1.54) is 0 Å². The maximum atomic E-state index is 10.4. The molecule has 1 saturated heterocycles. The molecule has 2 aromatic rings. The predicted octanol–water partition coefficient (Wildman–Crippen LogP) is 3.44. The molecule has 0 aromatic heterocycles. The lowest BCUT2D eigenvalue weighted by Gasteiger charge is -2.32. The topological polar surface area (TPSA) is 80.2 Å². The molecule has 1 aliphatic heterocycles. The van der Waals surface area contributed by atoms with E-state index in [4.69, 9.17) is 25.6 Å². The van der Waals surface area contributed by atoms with Crippen LogP contribution in [0.3, 0.4) is 0 Å². The van der Waals surface area contributed by atoms with Gasteiger partial charge < -0.3 is 29.6 Å². The van der Waals surface area contributed by atoms with E-state index >= 15 is 0 Å². The highest BCUT2D eigenvalue weighted by molar-refractivity contribution is 6.62. The minimum absolute atomic E-state index is 0.173. The second-order valence-electron chi connectivity index (χ2n) is 8.91. The van der Waals surface area contributed by atoms with Gasteiger partial charge >= 0.3 is 7.12 Å². The Labute approximate surface area is 189 Å². The molecule has 31 heavy (non-hydrogen) atoms. The van der Waals surface area contributed by atoms with Crippen molar-refractivity contribution in [3.05, 3.63) is 53.1 Å². The van der Waals surface area contributed by atoms with Gasteiger partial charge in [0.2, 0.25) is 0 Å². The van der Waals surface area contributed by atoms with Gasteiger partial charge in [0.1, 0.15) is 18.1 Å². The molecule has 0 radical (unpaired) electrons. The first-order chi connectivity index (χ1) is 14.5. The van der Waals surface area contributed by atoms with Crippen molar-refractivity contribution in [2.75, 3.05) is 13.2 Å². The van der Waals surface area contributed by atoms with Crippen LogP contribution in [0.4, 0.5) is 0 Å². The maximum absolute atomic E-state index is 10.4. The molecule has 1 aliphatic rings. The van der Waals surface area contributed by atoms with Gasteiger partial charge in [-0.15, -0.1) is 0 Å². The van der Waals surface area contributed by atoms with Gasteiger partial charge in [0.15, 0.2) is 0 Å². The number of halogens is 1. The lowest BCUT2D eigenvalue weighted by Crippen LogP contribution is -2.41. The number of benzene rings is 2. The fraction of sp³-hybridized carbons (Fsp3) is 0.478. The number of aliphatic hydroxyl groups excluding tert-OH is 1. The summed E-state index contributed by atoms with van der Waals surface area (Å²) < 4.78 is 17.9. The van der Waals surface area contributed by atoms with Crippen LogP contribution in [0.15, 0.2) is 42.5 Å². The molecule has 0 unspecified atom stereocenters. The van der Waals surface area contributed by atoms with Gasteiger partial charge in [-0.1, -0.05) is 29.8 Å². The summed E-state index contributed by atoms with van der Waals surface area (Å²) in [5, 5.41) is 23.5. The van der Waals surface area contributed by atoms with Crippen LogP contribution >= 0.6 is 11.6 Å². The van der Waals surface area contributed by atoms with Gasteiger partial charge in [0.05, 0.1) is 22.3 Å². The summed E-state index contributed by atoms with van der Waals surface area (Å²) >= 11 is 6.42. The number of ether oxygens (including phenoxy) is 1. The van der Waals surface area contributed by atoms with Crippen molar-refractivity contribution in [3.8, 4) is 11.5 Å². The highest BCUT2D eigenvalue weighted by atomic mass is 35.5. The third-order valence-electron chi connectivity index (χ3n) is 6.02. The third-order valence-corrected chi connectivity index (χ3v) is 6.31. The van der Waals surface area contributed by atoms with Crippen molar-refractivity contribution < 1.29 is 24.3 Å². The SMILES string of the molecule is C[C@H](NCCOc1ccc(B2OC(C)(C)C(C)(C)O2)cc1Cl)[C@H](O)c1ccc(O)cc1. The third kappa shape index (κ3) is 5.54. The van der Waals surface area contributed by atoms with Crippen LogP contribution in [0, 0.1) is 0 Å². The summed E-state index contributed by atoms with van der Waals surface area (Å²) in [7, 11) is -0.472. The van der Waals surface area contributed by atoms with Gasteiger partial charge in [0.25, 0.3) is 0 Å². The van der Waals surface area contributed by atoms with Crippen LogP contribution in [0.2, 0.25) is 5.02 Å². The second kappa shape index (κ2) is 9.39. The fourth-order valence-corrected chi connectivity index (χ4v) is 3.52. The van der Waals surface area contributed by atoms with Crippen LogP contribution in [-0.2, 0) is 9.31 Å². The Hall–Kier alpha value is -1.77. The van der Waals surface area contributed by atoms with Crippen LogP contribution in [0.1, 0.15) is 46.3 Å². The van der Waals surface area contributed by atoms with Crippen molar-refractivity contribution in [1.82, 2.24) is 5.32 Å². The van der Waals surface area contributed by atoms with Gasteiger partial charge in [-0.05, 0) is 69.9 Å². The van der Waals surface area contributed by atoms with Crippen molar-refractivity contribution in [1.29, 1.82) is 0 Å². The molecule has 1 fully saturated rings. The zero-order chi connectivity index (χ0) is 22.8. The Bertz CT molecular complexity index is 874. The number of phenolic OH excluding ortho intramolecular Hbond substituents is 1. The van der Waals surface area contributed by atoms with Crippen molar-refractivity contribution in [2.24, 2.45) is 0 Å². The number of hydrogen-bond acceptors (Lipinski definition) is 6. The normalized spacial score (nSPS) is 19.3. The molecule has 0 aliphatic carbocycles. The Morgan fingerprint density at radius 2 is 1.68 bits per heavy atom. The van der Waals surface area contributed by atoms with E-state index in [0.29, 0.717) is 23.9 Å². The molecular formula is C23H31BClNO5. The number of hydrogen-bond donors (Lipinski definition) is 3. The highest BCUT2D eigenvalue weighted by Crippen LogP contribution is 2.37. The number of phenols is 1. The average Bonchev–Trinajstić information content (AvgIpc) is 2.93. The molecule has 2 aromatic carbocycles. The molecule has 3 N–H and O–H groups in total. The van der Waals surface area contributed by atoms with Crippen LogP contribution in [0.5, 0.6) is 11.5 Å². The number of nitrogens with one attached hydrogen (secondary N) is 1.